The van der Waals surface area contributed by atoms with Crippen LogP contribution in [0.5, 0.6) is 0 Å². The molecule has 1 aromatic heterocycles. The van der Waals surface area contributed by atoms with Crippen molar-refractivity contribution in [3.63, 3.8) is 0 Å². The maximum Gasteiger partial charge on any atom is 0.191 e. The first-order valence-electron chi connectivity index (χ1n) is 7.04. The van der Waals surface area contributed by atoms with Crippen molar-refractivity contribution in [2.75, 3.05) is 12.8 Å². The molecule has 3 rings (SSSR count). The lowest BCUT2D eigenvalue weighted by Gasteiger charge is -2.10. The monoisotopic (exact) mass is 266 g/mol. The zero-order valence-corrected chi connectivity index (χ0v) is 12.0. The van der Waals surface area contributed by atoms with Crippen molar-refractivity contribution in [2.24, 2.45) is 0 Å². The van der Waals surface area contributed by atoms with Crippen molar-refractivity contribution in [1.82, 2.24) is 20.1 Å². The predicted molar refractivity (Wildman–Crippen MR) is 74.1 cm³/mol. The van der Waals surface area contributed by atoms with Gasteiger partial charge in [0.2, 0.25) is 0 Å². The molecule has 0 bridgehead atoms. The van der Waals surface area contributed by atoms with Crippen molar-refractivity contribution >= 4 is 11.8 Å². The minimum absolute atomic E-state index is 0.581. The third-order valence-corrected chi connectivity index (χ3v) is 4.80. The maximum atomic E-state index is 4.43. The van der Waals surface area contributed by atoms with E-state index in [1.54, 1.807) is 0 Å². The second-order valence-electron chi connectivity index (χ2n) is 5.54. The van der Waals surface area contributed by atoms with Gasteiger partial charge < -0.3 is 9.88 Å². The highest BCUT2D eigenvalue weighted by molar-refractivity contribution is 7.99. The first-order chi connectivity index (χ1) is 8.79. The van der Waals surface area contributed by atoms with Crippen molar-refractivity contribution in [2.45, 2.75) is 62.2 Å². The minimum Gasteiger partial charge on any atom is -0.317 e. The van der Waals surface area contributed by atoms with Crippen molar-refractivity contribution in [3.8, 4) is 0 Å². The summed E-state index contributed by atoms with van der Waals surface area (Å²) in [7, 11) is 2.02. The third kappa shape index (κ3) is 2.72. The number of nitrogens with one attached hydrogen (secondary N) is 1. The molecule has 0 spiro atoms. The molecule has 1 aromatic rings. The van der Waals surface area contributed by atoms with Gasteiger partial charge in [-0.05, 0) is 46.1 Å². The molecule has 1 N–H and O–H groups in total. The zero-order valence-electron chi connectivity index (χ0n) is 11.2. The molecule has 18 heavy (non-hydrogen) atoms. The Bertz CT molecular complexity index is 409. The lowest BCUT2D eigenvalue weighted by atomic mass is 10.3. The van der Waals surface area contributed by atoms with Gasteiger partial charge in [0.05, 0.1) is 0 Å². The van der Waals surface area contributed by atoms with E-state index in [1.165, 1.54) is 37.9 Å². The zero-order chi connectivity index (χ0) is 12.5. The Labute approximate surface area is 113 Å². The number of hydrogen-bond acceptors (Lipinski definition) is 4. The number of hydrogen-bond donors (Lipinski definition) is 1. The molecule has 100 valence electrons. The van der Waals surface area contributed by atoms with E-state index in [0.717, 1.165) is 10.9 Å². The molecule has 1 heterocycles. The molecule has 0 radical (unpaired) electrons. The molecule has 1 atom stereocenters. The van der Waals surface area contributed by atoms with E-state index in [4.69, 9.17) is 0 Å². The summed E-state index contributed by atoms with van der Waals surface area (Å²) in [5.74, 6) is 3.10. The first kappa shape index (κ1) is 12.5. The van der Waals surface area contributed by atoms with Crippen LogP contribution in [0.15, 0.2) is 5.16 Å². The molecular formula is C13H22N4S. The molecule has 4 nitrogen and oxygen atoms in total. The summed E-state index contributed by atoms with van der Waals surface area (Å²) >= 11 is 1.87. The summed E-state index contributed by atoms with van der Waals surface area (Å²) in [6.45, 7) is 2.22. The van der Waals surface area contributed by atoms with Crippen molar-refractivity contribution in [1.29, 1.82) is 0 Å². The molecule has 0 aromatic carbocycles. The number of rotatable bonds is 7. The van der Waals surface area contributed by atoms with Gasteiger partial charge in [-0.1, -0.05) is 11.8 Å². The Balaban J connectivity index is 1.64. The second-order valence-corrected chi connectivity index (χ2v) is 6.61. The lowest BCUT2D eigenvalue weighted by molar-refractivity contribution is 0.595. The number of aromatic nitrogens is 3. The van der Waals surface area contributed by atoms with Crippen LogP contribution < -0.4 is 5.32 Å². The molecule has 2 aliphatic rings. The van der Waals surface area contributed by atoms with Gasteiger partial charge in [-0.3, -0.25) is 0 Å². The average molecular weight is 266 g/mol. The average Bonchev–Trinajstić information content (AvgIpc) is 3.28. The molecule has 0 amide bonds. The highest BCUT2D eigenvalue weighted by Crippen LogP contribution is 2.45. The van der Waals surface area contributed by atoms with Crippen LogP contribution in [0.1, 0.15) is 56.8 Å². The van der Waals surface area contributed by atoms with Gasteiger partial charge in [0.25, 0.3) is 0 Å². The van der Waals surface area contributed by atoms with Crippen LogP contribution in [-0.4, -0.2) is 33.6 Å². The van der Waals surface area contributed by atoms with Crippen LogP contribution in [0.2, 0.25) is 0 Å². The molecule has 2 saturated carbocycles. The van der Waals surface area contributed by atoms with Gasteiger partial charge in [0.1, 0.15) is 5.82 Å². The van der Waals surface area contributed by atoms with E-state index in [2.05, 4.69) is 27.0 Å². The van der Waals surface area contributed by atoms with Crippen LogP contribution in [0.3, 0.4) is 0 Å². The molecule has 2 fully saturated rings. The Morgan fingerprint density at radius 2 is 2.11 bits per heavy atom. The van der Waals surface area contributed by atoms with E-state index >= 15 is 0 Å². The molecular weight excluding hydrogens is 244 g/mol. The summed E-state index contributed by atoms with van der Waals surface area (Å²) < 4.78 is 2.44. The van der Waals surface area contributed by atoms with E-state index in [9.17, 15) is 0 Å². The van der Waals surface area contributed by atoms with Crippen LogP contribution in [0.25, 0.3) is 0 Å². The van der Waals surface area contributed by atoms with E-state index in [-0.39, 0.29) is 0 Å². The van der Waals surface area contributed by atoms with Crippen LogP contribution in [0, 0.1) is 0 Å². The fourth-order valence-corrected chi connectivity index (χ4v) is 3.29. The topological polar surface area (TPSA) is 42.7 Å². The largest absolute Gasteiger partial charge is 0.317 e. The van der Waals surface area contributed by atoms with Gasteiger partial charge in [-0.15, -0.1) is 10.2 Å². The standard InChI is InChI=1S/C13H22N4S/c1-9(14-2)7-8-18-13-16-15-12(10-3-4-10)17(13)11-5-6-11/h9-11,14H,3-8H2,1-2H3. The summed E-state index contributed by atoms with van der Waals surface area (Å²) in [4.78, 5) is 0. The Morgan fingerprint density at radius 1 is 1.33 bits per heavy atom. The van der Waals surface area contributed by atoms with Gasteiger partial charge in [-0.25, -0.2) is 0 Å². The molecule has 0 aliphatic heterocycles. The number of nitrogens with zero attached hydrogens (tertiary/aromatic N) is 3. The van der Waals surface area contributed by atoms with Crippen molar-refractivity contribution in [3.05, 3.63) is 5.82 Å². The highest BCUT2D eigenvalue weighted by atomic mass is 32.2. The first-order valence-corrected chi connectivity index (χ1v) is 8.03. The van der Waals surface area contributed by atoms with E-state index in [0.29, 0.717) is 18.0 Å². The lowest BCUT2D eigenvalue weighted by Crippen LogP contribution is -2.21. The smallest absolute Gasteiger partial charge is 0.191 e. The molecule has 0 saturated heterocycles. The normalized spacial score (nSPS) is 21.2. The SMILES string of the molecule is CNC(C)CCSc1nnc(C2CC2)n1C1CC1. The van der Waals surface area contributed by atoms with E-state index < -0.39 is 0 Å². The van der Waals surface area contributed by atoms with Crippen LogP contribution >= 0.6 is 11.8 Å². The van der Waals surface area contributed by atoms with Crippen molar-refractivity contribution < 1.29 is 0 Å². The summed E-state index contributed by atoms with van der Waals surface area (Å²) in [6, 6.07) is 1.29. The van der Waals surface area contributed by atoms with E-state index in [1.807, 2.05) is 18.8 Å². The van der Waals surface area contributed by atoms with Gasteiger partial charge in [0.15, 0.2) is 5.16 Å². The second kappa shape index (κ2) is 5.21. The Kier molecular flexibility index (Phi) is 3.61. The third-order valence-electron chi connectivity index (χ3n) is 3.82. The fraction of sp³-hybridized carbons (Fsp3) is 0.846. The Morgan fingerprint density at radius 3 is 2.72 bits per heavy atom. The fourth-order valence-electron chi connectivity index (χ4n) is 2.15. The molecule has 1 unspecified atom stereocenters. The van der Waals surface area contributed by atoms with Gasteiger partial charge in [-0.2, -0.15) is 0 Å². The summed E-state index contributed by atoms with van der Waals surface area (Å²) in [6.07, 6.45) is 6.44. The minimum atomic E-state index is 0.581. The highest BCUT2D eigenvalue weighted by Gasteiger charge is 2.36. The molecule has 5 heteroatoms. The molecule has 2 aliphatic carbocycles. The van der Waals surface area contributed by atoms with Crippen LogP contribution in [-0.2, 0) is 0 Å². The number of thioether (sulfide) groups is 1. The van der Waals surface area contributed by atoms with Crippen LogP contribution in [0.4, 0.5) is 0 Å². The Hall–Kier alpha value is -0.550. The summed E-state index contributed by atoms with van der Waals surface area (Å²) in [5, 5.41) is 13.3. The van der Waals surface area contributed by atoms with Gasteiger partial charge in [0, 0.05) is 23.8 Å². The quantitative estimate of drug-likeness (QED) is 0.770. The summed E-state index contributed by atoms with van der Waals surface area (Å²) in [5.41, 5.74) is 0. The predicted octanol–water partition coefficient (Wildman–Crippen LogP) is 2.58. The maximum absolute atomic E-state index is 4.43. The van der Waals surface area contributed by atoms with Gasteiger partial charge >= 0.3 is 0 Å².